The van der Waals surface area contributed by atoms with Gasteiger partial charge in [0.25, 0.3) is 0 Å². The second-order valence-electron chi connectivity index (χ2n) is 3.08. The summed E-state index contributed by atoms with van der Waals surface area (Å²) in [4.78, 5) is 27.3. The van der Waals surface area contributed by atoms with Crippen LogP contribution in [0.25, 0.3) is 0 Å². The first kappa shape index (κ1) is 20.7. The standard InChI is InChI=1S/C6H13O10P.Na.H/c7-1-2(8)3(9)4(10)5(11)6(12)16-17(13,14)15;;/h2-5,7-11H,1H2,(H2,13,14,15);;/t2-,3-,4+,5+;;/m1../s1. The molecule has 0 aromatic heterocycles. The van der Waals surface area contributed by atoms with E-state index >= 15 is 0 Å². The van der Waals surface area contributed by atoms with Crippen LogP contribution in [-0.2, 0) is 13.9 Å². The summed E-state index contributed by atoms with van der Waals surface area (Å²) in [6, 6.07) is 0. The Labute approximate surface area is 123 Å². The molecule has 0 aliphatic heterocycles. The van der Waals surface area contributed by atoms with Gasteiger partial charge >= 0.3 is 43.3 Å². The fourth-order valence-electron chi connectivity index (χ4n) is 0.833. The summed E-state index contributed by atoms with van der Waals surface area (Å²) in [7, 11) is -5.19. The minimum atomic E-state index is -5.19. The van der Waals surface area contributed by atoms with Gasteiger partial charge in [-0.1, -0.05) is 0 Å². The Morgan fingerprint density at radius 2 is 1.56 bits per heavy atom. The maximum atomic E-state index is 10.8. The van der Waals surface area contributed by atoms with Gasteiger partial charge in [0.1, 0.15) is 18.3 Å². The molecule has 0 saturated carbocycles. The van der Waals surface area contributed by atoms with Gasteiger partial charge in [-0.2, -0.15) is 0 Å². The Bertz CT molecular complexity index is 305. The fourth-order valence-corrected chi connectivity index (χ4v) is 1.18. The van der Waals surface area contributed by atoms with Crippen LogP contribution in [0.5, 0.6) is 0 Å². The zero-order chi connectivity index (χ0) is 13.8. The summed E-state index contributed by atoms with van der Waals surface area (Å²) in [6.07, 6.45) is -8.71. The molecule has 0 bridgehead atoms. The molecule has 0 aliphatic rings. The van der Waals surface area contributed by atoms with E-state index in [-0.39, 0.29) is 29.6 Å². The first-order valence-electron chi connectivity index (χ1n) is 4.22. The number of phosphoric acid groups is 1. The predicted octanol–water partition coefficient (Wildman–Crippen LogP) is -4.59. The number of hydrogen-bond donors (Lipinski definition) is 7. The summed E-state index contributed by atoms with van der Waals surface area (Å²) < 4.78 is 13.7. The number of aliphatic hydroxyl groups excluding tert-OH is 5. The normalized spacial score (nSPS) is 18.2. The molecule has 18 heavy (non-hydrogen) atoms. The van der Waals surface area contributed by atoms with E-state index in [1.807, 2.05) is 0 Å². The second kappa shape index (κ2) is 8.56. The van der Waals surface area contributed by atoms with Crippen molar-refractivity contribution in [3.63, 3.8) is 0 Å². The maximum absolute atomic E-state index is 10.8. The third kappa shape index (κ3) is 7.12. The van der Waals surface area contributed by atoms with Gasteiger partial charge in [0.05, 0.1) is 6.61 Å². The second-order valence-corrected chi connectivity index (χ2v) is 4.24. The third-order valence-corrected chi connectivity index (χ3v) is 2.12. The molecule has 0 aliphatic carbocycles. The average Bonchev–Trinajstić information content (AvgIpc) is 2.22. The quantitative estimate of drug-likeness (QED) is 0.186. The molecule has 0 unspecified atom stereocenters. The molecule has 0 radical (unpaired) electrons. The molecule has 0 aromatic rings. The van der Waals surface area contributed by atoms with Gasteiger partial charge in [0.15, 0.2) is 6.10 Å². The van der Waals surface area contributed by atoms with Gasteiger partial charge in [-0.05, 0) is 0 Å². The van der Waals surface area contributed by atoms with E-state index in [0.29, 0.717) is 0 Å². The van der Waals surface area contributed by atoms with Gasteiger partial charge in [0, 0.05) is 0 Å². The molecular formula is C6H14NaO10P. The first-order chi connectivity index (χ1) is 7.60. The Kier molecular flexibility index (Phi) is 9.86. The van der Waals surface area contributed by atoms with Crippen molar-refractivity contribution in [2.75, 3.05) is 6.61 Å². The molecule has 0 amide bonds. The summed E-state index contributed by atoms with van der Waals surface area (Å²) in [5.41, 5.74) is 0. The Balaban J connectivity index is 0. The van der Waals surface area contributed by atoms with E-state index in [1.54, 1.807) is 0 Å². The van der Waals surface area contributed by atoms with E-state index in [9.17, 15) is 9.36 Å². The van der Waals surface area contributed by atoms with Gasteiger partial charge in [-0.3, -0.25) is 9.79 Å². The topological polar surface area (TPSA) is 185 Å². The van der Waals surface area contributed by atoms with E-state index in [0.717, 1.165) is 0 Å². The molecule has 0 aromatic carbocycles. The summed E-state index contributed by atoms with van der Waals surface area (Å²) >= 11 is 0. The molecule has 0 heterocycles. The van der Waals surface area contributed by atoms with Crippen LogP contribution in [0.1, 0.15) is 0 Å². The molecule has 7 N–H and O–H groups in total. The van der Waals surface area contributed by atoms with Gasteiger partial charge in [-0.15, -0.1) is 0 Å². The average molecular weight is 300 g/mol. The molecule has 12 heteroatoms. The Hall–Kier alpha value is 0.420. The van der Waals surface area contributed by atoms with Gasteiger partial charge < -0.3 is 30.1 Å². The van der Waals surface area contributed by atoms with Crippen LogP contribution in [0.4, 0.5) is 0 Å². The molecule has 10 nitrogen and oxygen atoms in total. The van der Waals surface area contributed by atoms with Crippen LogP contribution in [0, 0.1) is 0 Å². The number of rotatable bonds is 6. The van der Waals surface area contributed by atoms with Gasteiger partial charge in [0.2, 0.25) is 0 Å². The van der Waals surface area contributed by atoms with Crippen LogP contribution in [-0.4, -0.2) is 102 Å². The molecule has 4 atom stereocenters. The van der Waals surface area contributed by atoms with Crippen molar-refractivity contribution in [2.24, 2.45) is 0 Å². The van der Waals surface area contributed by atoms with Crippen LogP contribution in [0.2, 0.25) is 0 Å². The fraction of sp³-hybridized carbons (Fsp3) is 0.833. The zero-order valence-corrected chi connectivity index (χ0v) is 9.21. The molecular weight excluding hydrogens is 286 g/mol. The van der Waals surface area contributed by atoms with E-state index < -0.39 is 44.8 Å². The molecule has 0 saturated heterocycles. The number of carbonyl (C=O) groups excluding carboxylic acids is 1. The third-order valence-electron chi connectivity index (χ3n) is 1.71. The zero-order valence-electron chi connectivity index (χ0n) is 8.32. The van der Waals surface area contributed by atoms with Crippen molar-refractivity contribution >= 4 is 43.3 Å². The Morgan fingerprint density at radius 1 is 1.11 bits per heavy atom. The van der Waals surface area contributed by atoms with Crippen molar-refractivity contribution < 1.29 is 49.2 Å². The van der Waals surface area contributed by atoms with Crippen molar-refractivity contribution in [1.29, 1.82) is 0 Å². The molecule has 0 rings (SSSR count). The van der Waals surface area contributed by atoms with Crippen molar-refractivity contribution in [3.8, 4) is 0 Å². The molecule has 0 spiro atoms. The van der Waals surface area contributed by atoms with Crippen LogP contribution < -0.4 is 0 Å². The molecule has 0 fully saturated rings. The minimum absolute atomic E-state index is 0. The predicted molar refractivity (Wildman–Crippen MR) is 56.4 cm³/mol. The first-order valence-corrected chi connectivity index (χ1v) is 5.75. The number of hydrogen-bond acceptors (Lipinski definition) is 8. The van der Waals surface area contributed by atoms with Crippen LogP contribution >= 0.6 is 7.82 Å². The van der Waals surface area contributed by atoms with E-state index in [1.165, 1.54) is 0 Å². The summed E-state index contributed by atoms with van der Waals surface area (Å²) in [5.74, 6) is -1.88. The number of carbonyl (C=O) groups is 1. The molecule has 104 valence electrons. The van der Waals surface area contributed by atoms with E-state index in [4.69, 9.17) is 35.3 Å². The van der Waals surface area contributed by atoms with Crippen molar-refractivity contribution in [2.45, 2.75) is 24.4 Å². The number of aliphatic hydroxyl groups is 5. The van der Waals surface area contributed by atoms with Crippen LogP contribution in [0.15, 0.2) is 0 Å². The monoisotopic (exact) mass is 300 g/mol. The summed E-state index contributed by atoms with van der Waals surface area (Å²) in [6.45, 7) is -0.960. The van der Waals surface area contributed by atoms with Crippen molar-refractivity contribution in [1.82, 2.24) is 0 Å². The SMILES string of the molecule is O=C(OP(=O)(O)O)[C@@H](O)[C@@H](O)[C@H](O)[C@H](O)CO.[NaH]. The Morgan fingerprint density at radius 3 is 1.89 bits per heavy atom. The number of phosphoric ester groups is 1. The van der Waals surface area contributed by atoms with E-state index in [2.05, 4.69) is 4.52 Å². The van der Waals surface area contributed by atoms with Crippen LogP contribution in [0.3, 0.4) is 0 Å². The van der Waals surface area contributed by atoms with Gasteiger partial charge in [-0.25, -0.2) is 9.36 Å². The van der Waals surface area contributed by atoms with Crippen molar-refractivity contribution in [3.05, 3.63) is 0 Å². The summed E-state index contributed by atoms with van der Waals surface area (Å²) in [5, 5.41) is 44.6.